The number of aliphatic carboxylic acids is 1. The Kier molecular flexibility index (Phi) is 9.76. The first-order valence-corrected chi connectivity index (χ1v) is 13.4. The molecular weight excluding hydrogens is 550 g/mol. The SMILES string of the molecule is NC(CS)C(=O)NC(Cc1c[nH]c2ccccc12)C(=O)NC(Cc1cnc[nH]1)C(=O)NC(Cc1cnc[nH]1)C(=O)O. The van der Waals surface area contributed by atoms with Crippen LogP contribution in [-0.2, 0) is 38.4 Å². The molecule has 0 bridgehead atoms. The van der Waals surface area contributed by atoms with Gasteiger partial charge in [-0.1, -0.05) is 18.2 Å². The van der Waals surface area contributed by atoms with Crippen molar-refractivity contribution in [2.45, 2.75) is 43.4 Å². The summed E-state index contributed by atoms with van der Waals surface area (Å²) in [5, 5.41) is 18.4. The number of thiol groups is 1. The third kappa shape index (κ3) is 7.73. The second kappa shape index (κ2) is 13.6. The van der Waals surface area contributed by atoms with E-state index < -0.39 is 47.9 Å². The van der Waals surface area contributed by atoms with Crippen LogP contribution < -0.4 is 21.7 Å². The van der Waals surface area contributed by atoms with Crippen LogP contribution in [-0.4, -0.2) is 83.6 Å². The zero-order valence-corrected chi connectivity index (χ0v) is 22.7. The van der Waals surface area contributed by atoms with Crippen molar-refractivity contribution in [2.75, 3.05) is 5.75 Å². The predicted octanol–water partition coefficient (Wildman–Crippen LogP) is -0.562. The summed E-state index contributed by atoms with van der Waals surface area (Å²) in [4.78, 5) is 68.2. The molecule has 4 rings (SSSR count). The Labute approximate surface area is 239 Å². The molecule has 1 aromatic carbocycles. The van der Waals surface area contributed by atoms with Crippen LogP contribution in [0.15, 0.2) is 55.5 Å². The minimum atomic E-state index is -1.29. The van der Waals surface area contributed by atoms with Crippen LogP contribution in [0, 0.1) is 0 Å². The van der Waals surface area contributed by atoms with E-state index >= 15 is 0 Å². The third-order valence-electron chi connectivity index (χ3n) is 6.47. The Balaban J connectivity index is 1.56. The lowest BCUT2D eigenvalue weighted by atomic mass is 10.0. The number of carboxylic acid groups (broad SMARTS) is 1. The summed E-state index contributed by atoms with van der Waals surface area (Å²) in [5.41, 5.74) is 8.50. The minimum Gasteiger partial charge on any atom is -0.480 e. The molecule has 3 amide bonds. The molecular formula is C26H31N9O5S. The summed E-state index contributed by atoms with van der Waals surface area (Å²) < 4.78 is 0. The molecule has 0 aliphatic carbocycles. The topological polar surface area (TPSA) is 224 Å². The summed E-state index contributed by atoms with van der Waals surface area (Å²) in [7, 11) is 0. The van der Waals surface area contributed by atoms with Gasteiger partial charge in [-0.25, -0.2) is 14.8 Å². The number of carbonyl (C=O) groups excluding carboxylic acids is 3. The van der Waals surface area contributed by atoms with Crippen molar-refractivity contribution >= 4 is 47.2 Å². The lowest BCUT2D eigenvalue weighted by Crippen LogP contribution is -2.58. The highest BCUT2D eigenvalue weighted by Crippen LogP contribution is 2.19. The Hall–Kier alpha value is -4.63. The van der Waals surface area contributed by atoms with Gasteiger partial charge >= 0.3 is 5.97 Å². The third-order valence-corrected chi connectivity index (χ3v) is 6.86. The molecule has 0 radical (unpaired) electrons. The normalized spacial score (nSPS) is 14.1. The second-order valence-corrected chi connectivity index (χ2v) is 9.80. The molecule has 4 unspecified atom stereocenters. The van der Waals surface area contributed by atoms with Gasteiger partial charge < -0.3 is 41.7 Å². The fraction of sp³-hybridized carbons (Fsp3) is 0.308. The highest BCUT2D eigenvalue weighted by Gasteiger charge is 2.31. The Morgan fingerprint density at radius 1 is 0.829 bits per heavy atom. The van der Waals surface area contributed by atoms with E-state index in [9.17, 15) is 24.3 Å². The monoisotopic (exact) mass is 581 g/mol. The number of aromatic nitrogens is 5. The van der Waals surface area contributed by atoms with E-state index in [1.165, 1.54) is 25.0 Å². The first-order valence-electron chi connectivity index (χ1n) is 12.7. The molecule has 0 fully saturated rings. The number of fused-ring (bicyclic) bond motifs is 1. The van der Waals surface area contributed by atoms with Crippen LogP contribution in [0.5, 0.6) is 0 Å². The molecule has 0 aliphatic heterocycles. The number of nitrogens with zero attached hydrogens (tertiary/aromatic N) is 2. The average molecular weight is 582 g/mol. The number of imidazole rings is 2. The van der Waals surface area contributed by atoms with Crippen LogP contribution >= 0.6 is 12.6 Å². The molecule has 4 aromatic rings. The number of amides is 3. The van der Waals surface area contributed by atoms with Gasteiger partial charge in [0, 0.05) is 65.9 Å². The molecule has 14 nitrogen and oxygen atoms in total. The van der Waals surface area contributed by atoms with Crippen molar-refractivity contribution in [1.29, 1.82) is 0 Å². The number of nitrogens with one attached hydrogen (secondary N) is 6. The van der Waals surface area contributed by atoms with Crippen molar-refractivity contribution in [1.82, 2.24) is 40.9 Å². The lowest BCUT2D eigenvalue weighted by molar-refractivity contribution is -0.142. The van der Waals surface area contributed by atoms with Crippen molar-refractivity contribution in [2.24, 2.45) is 5.73 Å². The Morgan fingerprint density at radius 2 is 1.39 bits per heavy atom. The first-order chi connectivity index (χ1) is 19.7. The maximum absolute atomic E-state index is 13.6. The quantitative estimate of drug-likeness (QED) is 0.0875. The number of hydrogen-bond acceptors (Lipinski definition) is 8. The van der Waals surface area contributed by atoms with Gasteiger partial charge in [0.1, 0.15) is 18.1 Å². The smallest absolute Gasteiger partial charge is 0.326 e. The Morgan fingerprint density at radius 3 is 1.98 bits per heavy atom. The van der Waals surface area contributed by atoms with E-state index in [0.717, 1.165) is 16.5 Å². The zero-order valence-electron chi connectivity index (χ0n) is 21.8. The molecule has 3 aromatic heterocycles. The molecule has 0 saturated heterocycles. The Bertz CT molecular complexity index is 1470. The molecule has 4 atom stereocenters. The van der Waals surface area contributed by atoms with Crippen molar-refractivity contribution in [3.63, 3.8) is 0 Å². The van der Waals surface area contributed by atoms with Crippen LogP contribution in [0.1, 0.15) is 17.0 Å². The van der Waals surface area contributed by atoms with E-state index in [4.69, 9.17) is 5.73 Å². The number of para-hydroxylation sites is 1. The molecule has 0 saturated carbocycles. The van der Waals surface area contributed by atoms with Gasteiger partial charge in [0.05, 0.1) is 18.7 Å². The number of nitrogens with two attached hydrogens (primary N) is 1. The van der Waals surface area contributed by atoms with Crippen LogP contribution in [0.2, 0.25) is 0 Å². The van der Waals surface area contributed by atoms with Gasteiger partial charge in [0.2, 0.25) is 17.7 Å². The number of carbonyl (C=O) groups is 4. The molecule has 9 N–H and O–H groups in total. The number of benzene rings is 1. The fourth-order valence-corrected chi connectivity index (χ4v) is 4.44. The van der Waals surface area contributed by atoms with Crippen LogP contribution in [0.3, 0.4) is 0 Å². The summed E-state index contributed by atoms with van der Waals surface area (Å²) in [6, 6.07) is 2.94. The van der Waals surface area contributed by atoms with Crippen LogP contribution in [0.25, 0.3) is 10.9 Å². The molecule has 0 spiro atoms. The zero-order chi connectivity index (χ0) is 29.4. The van der Waals surface area contributed by atoms with E-state index in [0.29, 0.717) is 11.4 Å². The lowest BCUT2D eigenvalue weighted by Gasteiger charge is -2.25. The number of rotatable bonds is 14. The van der Waals surface area contributed by atoms with E-state index in [1.54, 1.807) is 6.20 Å². The summed E-state index contributed by atoms with van der Waals surface area (Å²) in [6.45, 7) is 0. The van der Waals surface area contributed by atoms with E-state index in [1.807, 2.05) is 24.3 Å². The summed E-state index contributed by atoms with van der Waals surface area (Å²) in [5.74, 6) is -3.17. The molecule has 3 heterocycles. The molecule has 15 heteroatoms. The molecule has 41 heavy (non-hydrogen) atoms. The van der Waals surface area contributed by atoms with Gasteiger partial charge in [-0.2, -0.15) is 12.6 Å². The maximum Gasteiger partial charge on any atom is 0.326 e. The number of hydrogen-bond donors (Lipinski definition) is 9. The predicted molar refractivity (Wildman–Crippen MR) is 152 cm³/mol. The summed E-state index contributed by atoms with van der Waals surface area (Å²) in [6.07, 6.45) is 7.54. The largest absolute Gasteiger partial charge is 0.480 e. The van der Waals surface area contributed by atoms with Crippen LogP contribution in [0.4, 0.5) is 0 Å². The van der Waals surface area contributed by atoms with Gasteiger partial charge in [0.25, 0.3) is 0 Å². The minimum absolute atomic E-state index is 0.0160. The fourth-order valence-electron chi connectivity index (χ4n) is 4.28. The van der Waals surface area contributed by atoms with Crippen molar-refractivity contribution in [3.8, 4) is 0 Å². The average Bonchev–Trinajstić information content (AvgIpc) is 3.74. The number of aromatic amines is 3. The second-order valence-electron chi connectivity index (χ2n) is 9.44. The number of H-pyrrole nitrogens is 3. The van der Waals surface area contributed by atoms with Gasteiger partial charge in [-0.3, -0.25) is 14.4 Å². The van der Waals surface area contributed by atoms with Crippen molar-refractivity contribution < 1.29 is 24.3 Å². The van der Waals surface area contributed by atoms with Gasteiger partial charge in [-0.05, 0) is 11.6 Å². The van der Waals surface area contributed by atoms with Gasteiger partial charge in [-0.15, -0.1) is 0 Å². The van der Waals surface area contributed by atoms with Gasteiger partial charge in [0.15, 0.2) is 0 Å². The highest BCUT2D eigenvalue weighted by atomic mass is 32.1. The standard InChI is InChI=1S/C26H31N9O5S/c27-18(11-41)23(36)33-20(5-14-8-30-19-4-2-1-3-17(14)19)24(37)34-21(6-15-9-28-12-31-15)25(38)35-22(26(39)40)7-16-10-29-13-32-16/h1-4,8-10,12-13,18,20-22,30,41H,5-7,11,27H2,(H,28,31)(H,29,32)(H,33,36)(H,34,37)(H,35,38)(H,39,40). The van der Waals surface area contributed by atoms with E-state index in [2.05, 4.69) is 53.5 Å². The van der Waals surface area contributed by atoms with Crippen molar-refractivity contribution in [3.05, 3.63) is 72.5 Å². The highest BCUT2D eigenvalue weighted by molar-refractivity contribution is 7.80. The first kappa shape index (κ1) is 29.4. The maximum atomic E-state index is 13.6. The number of carboxylic acids is 1. The molecule has 0 aliphatic rings. The summed E-state index contributed by atoms with van der Waals surface area (Å²) >= 11 is 4.07. The molecule has 216 valence electrons. The van der Waals surface area contributed by atoms with E-state index in [-0.39, 0.29) is 25.0 Å².